The van der Waals surface area contributed by atoms with Crippen molar-refractivity contribution in [2.24, 2.45) is 0 Å². The van der Waals surface area contributed by atoms with Gasteiger partial charge in [-0.2, -0.15) is 0 Å². The summed E-state index contributed by atoms with van der Waals surface area (Å²) in [5.74, 6) is -0.439. The minimum atomic E-state index is -0.829. The predicted molar refractivity (Wildman–Crippen MR) is 121 cm³/mol. The highest BCUT2D eigenvalue weighted by atomic mass is 32.1. The molecule has 1 aromatic heterocycles. The molecule has 1 unspecified atom stereocenters. The van der Waals surface area contributed by atoms with Gasteiger partial charge < -0.3 is 10.2 Å². The van der Waals surface area contributed by atoms with Crippen LogP contribution < -0.4 is 5.32 Å². The van der Waals surface area contributed by atoms with Crippen LogP contribution in [-0.4, -0.2) is 45.8 Å². The molecule has 1 spiro atoms. The van der Waals surface area contributed by atoms with Crippen LogP contribution in [0.15, 0.2) is 42.5 Å². The topological polar surface area (TPSA) is 69.7 Å². The zero-order valence-electron chi connectivity index (χ0n) is 18.1. The minimum Gasteiger partial charge on any atom is -0.335 e. The second-order valence-electron chi connectivity index (χ2n) is 8.58. The van der Waals surface area contributed by atoms with Crippen molar-refractivity contribution in [1.82, 2.24) is 15.1 Å². The van der Waals surface area contributed by atoms with Gasteiger partial charge in [-0.3, -0.25) is 9.59 Å². The van der Waals surface area contributed by atoms with Crippen LogP contribution in [0.25, 0.3) is 0 Å². The smallest absolute Gasteiger partial charge is 0.325 e. The monoisotopic (exact) mass is 439 g/mol. The Balaban J connectivity index is 1.52. The molecule has 2 heterocycles. The zero-order chi connectivity index (χ0) is 22.0. The third-order valence-corrected chi connectivity index (χ3v) is 7.35. The quantitative estimate of drug-likeness (QED) is 0.666. The molecule has 31 heavy (non-hydrogen) atoms. The highest BCUT2D eigenvalue weighted by Gasteiger charge is 2.54. The number of carbonyl (C=O) groups excluding carboxylic acids is 3. The Hall–Kier alpha value is -2.67. The number of nitrogens with one attached hydrogen (secondary N) is 1. The van der Waals surface area contributed by atoms with E-state index in [4.69, 9.17) is 0 Å². The number of amides is 4. The van der Waals surface area contributed by atoms with Crippen LogP contribution in [0.4, 0.5) is 4.79 Å². The second-order valence-corrected chi connectivity index (χ2v) is 9.95. The summed E-state index contributed by atoms with van der Waals surface area (Å²) in [5.41, 5.74) is 0.348. The molecule has 1 N–H and O–H groups in total. The van der Waals surface area contributed by atoms with Crippen LogP contribution >= 0.6 is 11.3 Å². The summed E-state index contributed by atoms with van der Waals surface area (Å²) in [7, 11) is 0. The van der Waals surface area contributed by atoms with E-state index in [2.05, 4.69) is 5.32 Å². The lowest BCUT2D eigenvalue weighted by molar-refractivity contribution is -0.143. The van der Waals surface area contributed by atoms with Crippen molar-refractivity contribution in [3.63, 3.8) is 0 Å². The van der Waals surface area contributed by atoms with Crippen LogP contribution in [0.5, 0.6) is 0 Å². The molecule has 4 amide bonds. The van der Waals surface area contributed by atoms with Gasteiger partial charge in [0.15, 0.2) is 0 Å². The average Bonchev–Trinajstić information content (AvgIpc) is 3.46. The molecule has 6 nitrogen and oxygen atoms in total. The lowest BCUT2D eigenvalue weighted by Crippen LogP contribution is -2.51. The maximum Gasteiger partial charge on any atom is 0.325 e. The summed E-state index contributed by atoms with van der Waals surface area (Å²) in [6.45, 7) is 4.71. The molecule has 7 heteroatoms. The lowest BCUT2D eigenvalue weighted by atomic mass is 9.97. The first kappa shape index (κ1) is 21.6. The summed E-state index contributed by atoms with van der Waals surface area (Å²) in [4.78, 5) is 44.5. The summed E-state index contributed by atoms with van der Waals surface area (Å²) >= 11 is 1.66. The minimum absolute atomic E-state index is 0.194. The highest BCUT2D eigenvalue weighted by molar-refractivity contribution is 7.11. The number of nitrogens with zero attached hydrogens (tertiary/aromatic N) is 2. The third kappa shape index (κ3) is 4.37. The normalized spacial score (nSPS) is 18.5. The van der Waals surface area contributed by atoms with Gasteiger partial charge in [0.05, 0.1) is 6.54 Å². The first-order valence-electron chi connectivity index (χ1n) is 10.9. The molecule has 1 saturated carbocycles. The summed E-state index contributed by atoms with van der Waals surface area (Å²) in [6, 6.07) is 12.8. The highest BCUT2D eigenvalue weighted by Crippen LogP contribution is 2.36. The first-order valence-corrected chi connectivity index (χ1v) is 11.8. The molecule has 2 fully saturated rings. The number of thiophene rings is 1. The van der Waals surface area contributed by atoms with Gasteiger partial charge in [0.2, 0.25) is 5.91 Å². The molecule has 1 aromatic carbocycles. The van der Waals surface area contributed by atoms with E-state index >= 15 is 0 Å². The van der Waals surface area contributed by atoms with Crippen molar-refractivity contribution in [2.75, 3.05) is 6.54 Å². The van der Waals surface area contributed by atoms with Crippen molar-refractivity contribution in [2.45, 2.75) is 64.1 Å². The average molecular weight is 440 g/mol. The molecule has 0 radical (unpaired) electrons. The van der Waals surface area contributed by atoms with Crippen LogP contribution in [-0.2, 0) is 22.6 Å². The van der Waals surface area contributed by atoms with Gasteiger partial charge in [-0.05, 0) is 50.8 Å². The van der Waals surface area contributed by atoms with Crippen molar-refractivity contribution < 1.29 is 14.4 Å². The Morgan fingerprint density at radius 2 is 1.87 bits per heavy atom. The van der Waals surface area contributed by atoms with E-state index in [-0.39, 0.29) is 11.8 Å². The zero-order valence-corrected chi connectivity index (χ0v) is 18.9. The van der Waals surface area contributed by atoms with E-state index in [9.17, 15) is 14.4 Å². The molecule has 2 aliphatic rings. The summed E-state index contributed by atoms with van der Waals surface area (Å²) in [6.07, 6.45) is 3.86. The fourth-order valence-corrected chi connectivity index (χ4v) is 5.53. The molecule has 1 atom stereocenters. The fourth-order valence-electron chi connectivity index (χ4n) is 4.62. The molecule has 1 aliphatic carbocycles. The van der Waals surface area contributed by atoms with Crippen molar-refractivity contribution in [3.05, 3.63) is 57.8 Å². The van der Waals surface area contributed by atoms with E-state index in [0.29, 0.717) is 32.4 Å². The number of imide groups is 1. The largest absolute Gasteiger partial charge is 0.335 e. The summed E-state index contributed by atoms with van der Waals surface area (Å²) < 4.78 is 0. The maximum absolute atomic E-state index is 13.5. The lowest BCUT2D eigenvalue weighted by Gasteiger charge is -2.29. The van der Waals surface area contributed by atoms with E-state index in [1.54, 1.807) is 23.2 Å². The Morgan fingerprint density at radius 3 is 2.52 bits per heavy atom. The predicted octanol–water partition coefficient (Wildman–Crippen LogP) is 3.88. The molecule has 1 aliphatic heterocycles. The Bertz CT molecular complexity index is 965. The molecule has 0 bridgehead atoms. The number of hydrogen-bond acceptors (Lipinski definition) is 4. The van der Waals surface area contributed by atoms with Crippen LogP contribution in [0, 0.1) is 6.92 Å². The van der Waals surface area contributed by atoms with Gasteiger partial charge in [-0.1, -0.05) is 43.2 Å². The number of carbonyl (C=O) groups is 3. The number of urea groups is 1. The van der Waals surface area contributed by atoms with Crippen LogP contribution in [0.2, 0.25) is 0 Å². The van der Waals surface area contributed by atoms with Crippen molar-refractivity contribution >= 4 is 29.2 Å². The summed E-state index contributed by atoms with van der Waals surface area (Å²) in [5, 5.41) is 2.88. The second kappa shape index (κ2) is 8.83. The number of aryl methyl sites for hydroxylation is 1. The van der Waals surface area contributed by atoms with Gasteiger partial charge in [0.1, 0.15) is 11.6 Å². The Kier molecular flexibility index (Phi) is 6.14. The van der Waals surface area contributed by atoms with E-state index in [0.717, 1.165) is 28.2 Å². The number of hydrogen-bond donors (Lipinski definition) is 1. The van der Waals surface area contributed by atoms with E-state index < -0.39 is 17.6 Å². The molecule has 2 aromatic rings. The maximum atomic E-state index is 13.5. The van der Waals surface area contributed by atoms with Gasteiger partial charge in [-0.25, -0.2) is 9.69 Å². The number of rotatable bonds is 7. The molecule has 1 saturated heterocycles. The van der Waals surface area contributed by atoms with Crippen molar-refractivity contribution in [1.29, 1.82) is 0 Å². The van der Waals surface area contributed by atoms with Crippen LogP contribution in [0.3, 0.4) is 0 Å². The first-order chi connectivity index (χ1) is 14.9. The standard InChI is InChI=1S/C24H29N3O3S/c1-17-10-11-20(31-17)16-26(15-12-19-8-4-3-5-9-19)21(28)18(2)27-22(29)24(25-23(27)30)13-6-7-14-24/h3-5,8-11,18H,6-7,12-16H2,1-2H3,(H,25,30). The fraction of sp³-hybridized carbons (Fsp3) is 0.458. The van der Waals surface area contributed by atoms with Gasteiger partial charge >= 0.3 is 6.03 Å². The Morgan fingerprint density at radius 1 is 1.16 bits per heavy atom. The van der Waals surface area contributed by atoms with Gasteiger partial charge in [0, 0.05) is 16.3 Å². The van der Waals surface area contributed by atoms with Crippen LogP contribution in [0.1, 0.15) is 47.9 Å². The molecule has 164 valence electrons. The van der Waals surface area contributed by atoms with E-state index in [1.165, 1.54) is 4.88 Å². The SMILES string of the molecule is Cc1ccc(CN(CCc2ccccc2)C(=O)C(C)N2C(=O)NC3(CCCC3)C2=O)s1. The van der Waals surface area contributed by atoms with Gasteiger partial charge in [0.25, 0.3) is 5.91 Å². The third-order valence-electron chi connectivity index (χ3n) is 6.36. The van der Waals surface area contributed by atoms with Gasteiger partial charge in [-0.15, -0.1) is 11.3 Å². The molecular weight excluding hydrogens is 410 g/mol. The number of benzene rings is 1. The van der Waals surface area contributed by atoms with Crippen molar-refractivity contribution in [3.8, 4) is 0 Å². The van der Waals surface area contributed by atoms with E-state index in [1.807, 2.05) is 49.4 Å². The Labute approximate surface area is 187 Å². The molecule has 4 rings (SSSR count). The molecular formula is C24H29N3O3S.